The van der Waals surface area contributed by atoms with Crippen molar-refractivity contribution in [1.82, 2.24) is 24.8 Å². The van der Waals surface area contributed by atoms with Crippen LogP contribution in [0.1, 0.15) is 69.4 Å². The number of aromatic nitrogens is 4. The number of nitrogens with zero attached hydrogens (tertiary/aromatic N) is 6. The van der Waals surface area contributed by atoms with Gasteiger partial charge in [-0.15, -0.1) is 0 Å². The van der Waals surface area contributed by atoms with Crippen LogP contribution in [0.15, 0.2) is 18.5 Å². The fourth-order valence-corrected chi connectivity index (χ4v) is 4.20. The number of likely N-dealkylation sites (N-methyl/N-ethyl adjacent to an activating group) is 1. The molecular weight excluding hydrogens is 477 g/mol. The summed E-state index contributed by atoms with van der Waals surface area (Å²) in [6.07, 6.45) is -1.20. The molecule has 3 heterocycles. The molecule has 36 heavy (non-hydrogen) atoms. The van der Waals surface area contributed by atoms with E-state index in [-0.39, 0.29) is 24.4 Å². The Balaban J connectivity index is 1.79. The molecule has 0 spiro atoms. The van der Waals surface area contributed by atoms with E-state index in [9.17, 15) is 23.1 Å². The molecule has 1 atom stereocenters. The molecule has 1 aliphatic rings. The second kappa shape index (κ2) is 10.2. The summed E-state index contributed by atoms with van der Waals surface area (Å²) in [6.45, 7) is 9.68. The van der Waals surface area contributed by atoms with Crippen LogP contribution >= 0.6 is 0 Å². The number of carbonyl (C=O) groups excluding carboxylic acids is 1. The van der Waals surface area contributed by atoms with Gasteiger partial charge in [0.2, 0.25) is 5.82 Å². The zero-order valence-corrected chi connectivity index (χ0v) is 21.4. The van der Waals surface area contributed by atoms with Crippen LogP contribution < -0.4 is 4.90 Å². The first kappa shape index (κ1) is 27.6. The minimum atomic E-state index is -4.68. The van der Waals surface area contributed by atoms with Gasteiger partial charge in [-0.05, 0) is 53.5 Å². The third-order valence-corrected chi connectivity index (χ3v) is 5.88. The Bertz CT molecular complexity index is 1080. The van der Waals surface area contributed by atoms with Crippen LogP contribution in [0.2, 0.25) is 0 Å². The first-order valence-electron chi connectivity index (χ1n) is 11.7. The Labute approximate surface area is 208 Å². The Morgan fingerprint density at radius 2 is 1.81 bits per heavy atom. The monoisotopic (exact) mass is 510 g/mol. The van der Waals surface area contributed by atoms with Gasteiger partial charge in [-0.25, -0.2) is 24.7 Å². The third kappa shape index (κ3) is 6.80. The molecule has 1 saturated heterocycles. The fraction of sp³-hybridized carbons (Fsp3) is 0.625. The molecule has 0 saturated carbocycles. The highest BCUT2D eigenvalue weighted by Crippen LogP contribution is 2.35. The van der Waals surface area contributed by atoms with Gasteiger partial charge in [-0.1, -0.05) is 0 Å². The van der Waals surface area contributed by atoms with Crippen molar-refractivity contribution in [3.05, 3.63) is 41.4 Å². The summed E-state index contributed by atoms with van der Waals surface area (Å²) in [5.41, 5.74) is -0.923. The van der Waals surface area contributed by atoms with Crippen LogP contribution in [0.5, 0.6) is 0 Å². The predicted molar refractivity (Wildman–Crippen MR) is 126 cm³/mol. The van der Waals surface area contributed by atoms with Crippen molar-refractivity contribution < 1.29 is 27.8 Å². The van der Waals surface area contributed by atoms with Crippen molar-refractivity contribution in [3.8, 4) is 0 Å². The second-order valence-corrected chi connectivity index (χ2v) is 10.3. The quantitative estimate of drug-likeness (QED) is 0.643. The van der Waals surface area contributed by atoms with Crippen molar-refractivity contribution >= 4 is 11.9 Å². The molecule has 2 aromatic rings. The Hall–Kier alpha value is -3.02. The molecule has 0 bridgehead atoms. The van der Waals surface area contributed by atoms with E-state index in [1.165, 1.54) is 11.0 Å². The van der Waals surface area contributed by atoms with Gasteiger partial charge >= 0.3 is 12.3 Å². The van der Waals surface area contributed by atoms with Crippen LogP contribution in [0, 0.1) is 6.92 Å². The first-order valence-corrected chi connectivity index (χ1v) is 11.7. The number of hydrogen-bond acceptors (Lipinski definition) is 8. The number of piperidine rings is 1. The smallest absolute Gasteiger partial charge is 0.444 e. The highest BCUT2D eigenvalue weighted by Gasteiger charge is 2.37. The van der Waals surface area contributed by atoms with Crippen LogP contribution in [0.25, 0.3) is 0 Å². The zero-order valence-electron chi connectivity index (χ0n) is 21.4. The summed E-state index contributed by atoms with van der Waals surface area (Å²) in [4.78, 5) is 31.3. The number of aryl methyl sites for hydroxylation is 1. The van der Waals surface area contributed by atoms with E-state index >= 15 is 0 Å². The lowest BCUT2D eigenvalue weighted by Crippen LogP contribution is -2.42. The van der Waals surface area contributed by atoms with Crippen LogP contribution in [0.4, 0.5) is 23.8 Å². The van der Waals surface area contributed by atoms with Crippen molar-refractivity contribution in [3.63, 3.8) is 0 Å². The van der Waals surface area contributed by atoms with Crippen molar-refractivity contribution in [2.24, 2.45) is 0 Å². The van der Waals surface area contributed by atoms with E-state index in [4.69, 9.17) is 4.74 Å². The van der Waals surface area contributed by atoms with Gasteiger partial charge in [0.05, 0.1) is 12.2 Å². The second-order valence-electron chi connectivity index (χ2n) is 10.3. The zero-order chi connectivity index (χ0) is 26.9. The molecule has 2 aromatic heterocycles. The molecule has 9 nitrogen and oxygen atoms in total. The van der Waals surface area contributed by atoms with Gasteiger partial charge in [-0.2, -0.15) is 13.2 Å². The Kier molecular flexibility index (Phi) is 7.77. The Morgan fingerprint density at radius 3 is 2.39 bits per heavy atom. The lowest BCUT2D eigenvalue weighted by molar-refractivity contribution is -0.144. The highest BCUT2D eigenvalue weighted by molar-refractivity contribution is 5.68. The summed E-state index contributed by atoms with van der Waals surface area (Å²) in [7, 11) is 1.55. The molecule has 12 heteroatoms. The molecular formula is C24H33F3N6O3. The fourth-order valence-electron chi connectivity index (χ4n) is 4.20. The van der Waals surface area contributed by atoms with Gasteiger partial charge in [0.15, 0.2) is 0 Å². The molecule has 3 rings (SSSR count). The van der Waals surface area contributed by atoms with E-state index in [1.54, 1.807) is 32.0 Å². The van der Waals surface area contributed by atoms with Crippen LogP contribution in [-0.2, 0) is 16.5 Å². The molecule has 0 aliphatic carbocycles. The Morgan fingerprint density at radius 1 is 1.17 bits per heavy atom. The molecule has 1 aliphatic heterocycles. The van der Waals surface area contributed by atoms with Gasteiger partial charge in [-0.3, -0.25) is 0 Å². The first-order chi connectivity index (χ1) is 16.6. The van der Waals surface area contributed by atoms with Crippen LogP contribution in [-0.4, -0.2) is 68.3 Å². The van der Waals surface area contributed by atoms with E-state index < -0.39 is 23.2 Å². The van der Waals surface area contributed by atoms with Gasteiger partial charge in [0.25, 0.3) is 0 Å². The molecule has 1 N–H and O–H groups in total. The largest absolute Gasteiger partial charge is 0.451 e. The average molecular weight is 511 g/mol. The third-order valence-electron chi connectivity index (χ3n) is 5.88. The number of ether oxygens (including phenoxy) is 1. The molecule has 198 valence electrons. The average Bonchev–Trinajstić information content (AvgIpc) is 2.77. The summed E-state index contributed by atoms with van der Waals surface area (Å²) >= 11 is 0. The number of alkyl halides is 3. The maximum atomic E-state index is 13.0. The van der Waals surface area contributed by atoms with Gasteiger partial charge < -0.3 is 19.6 Å². The van der Waals surface area contributed by atoms with Crippen molar-refractivity contribution in [2.75, 3.05) is 31.6 Å². The number of aliphatic hydroxyl groups is 1. The number of anilines is 1. The van der Waals surface area contributed by atoms with E-state index in [0.717, 1.165) is 6.20 Å². The van der Waals surface area contributed by atoms with Crippen LogP contribution in [0.3, 0.4) is 0 Å². The number of carbonyl (C=O) groups is 1. The maximum absolute atomic E-state index is 13.0. The lowest BCUT2D eigenvalue weighted by atomic mass is 9.85. The normalized spacial score (nSPS) is 17.0. The van der Waals surface area contributed by atoms with E-state index in [1.807, 2.05) is 20.8 Å². The number of rotatable bonds is 5. The van der Waals surface area contributed by atoms with Gasteiger partial charge in [0.1, 0.15) is 22.8 Å². The van der Waals surface area contributed by atoms with Crippen molar-refractivity contribution in [1.29, 1.82) is 0 Å². The molecule has 0 aromatic carbocycles. The molecule has 0 radical (unpaired) electrons. The molecule has 1 unspecified atom stereocenters. The minimum Gasteiger partial charge on any atom is -0.444 e. The van der Waals surface area contributed by atoms with Gasteiger partial charge in [0, 0.05) is 44.0 Å². The predicted octanol–water partition coefficient (Wildman–Crippen LogP) is 4.05. The SMILES string of the molecule is Cc1ncc(C(C)(O)CN(C)c2ccnc(C(F)(F)F)n2)c(C2CCN(C(=O)OC(C)(C)C)CC2)n1. The number of amides is 1. The standard InChI is InChI=1S/C24H33F3N6O3/c1-15-29-13-17(19(30-15)16-8-11-33(12-9-16)21(34)36-22(2,3)4)23(5,35)14-32(6)18-7-10-28-20(31-18)24(25,26)27/h7,10,13,16,35H,8-9,11-12,14H2,1-6H3. The molecule has 1 fully saturated rings. The topological polar surface area (TPSA) is 105 Å². The number of hydrogen-bond donors (Lipinski definition) is 1. The number of likely N-dealkylation sites (tertiary alicyclic amines) is 1. The summed E-state index contributed by atoms with van der Waals surface area (Å²) in [5.74, 6) is -0.716. The maximum Gasteiger partial charge on any atom is 0.451 e. The van der Waals surface area contributed by atoms with E-state index in [0.29, 0.717) is 43.0 Å². The number of halogens is 3. The molecule has 1 amide bonds. The summed E-state index contributed by atoms with van der Waals surface area (Å²) in [5, 5.41) is 11.4. The highest BCUT2D eigenvalue weighted by atomic mass is 19.4. The summed E-state index contributed by atoms with van der Waals surface area (Å²) < 4.78 is 44.6. The minimum absolute atomic E-state index is 0.0258. The lowest BCUT2D eigenvalue weighted by Gasteiger charge is -2.36. The van der Waals surface area contributed by atoms with Crippen molar-refractivity contribution in [2.45, 2.75) is 70.8 Å². The van der Waals surface area contributed by atoms with E-state index in [2.05, 4.69) is 19.9 Å². The summed E-state index contributed by atoms with van der Waals surface area (Å²) in [6, 6.07) is 1.35.